The van der Waals surface area contributed by atoms with Crippen LogP contribution in [0.3, 0.4) is 0 Å². The van der Waals surface area contributed by atoms with Crippen LogP contribution in [0.5, 0.6) is 5.75 Å². The molecule has 0 heterocycles. The summed E-state index contributed by atoms with van der Waals surface area (Å²) in [5.41, 5.74) is 1.90. The number of carbonyl (C=O) groups is 2. The molecule has 0 aliphatic heterocycles. The van der Waals surface area contributed by atoms with Gasteiger partial charge >= 0.3 is 12.1 Å². The molecule has 0 N–H and O–H groups in total. The van der Waals surface area contributed by atoms with E-state index in [4.69, 9.17) is 14.2 Å². The second-order valence-corrected chi connectivity index (χ2v) is 9.61. The van der Waals surface area contributed by atoms with E-state index in [1.54, 1.807) is 30.3 Å². The smallest absolute Gasteiger partial charge is 0.494 e. The second-order valence-electron chi connectivity index (χ2n) is 9.61. The van der Waals surface area contributed by atoms with Gasteiger partial charge in [-0.2, -0.15) is 0 Å². The molecule has 39 heavy (non-hydrogen) atoms. The minimum absolute atomic E-state index is 0.251. The molecule has 208 valence electrons. The lowest BCUT2D eigenvalue weighted by Crippen LogP contribution is -2.22. The van der Waals surface area contributed by atoms with Crippen molar-refractivity contribution >= 4 is 12.1 Å². The molecule has 6 heteroatoms. The first-order valence-electron chi connectivity index (χ1n) is 14.0. The highest BCUT2D eigenvalue weighted by Crippen LogP contribution is 2.36. The van der Waals surface area contributed by atoms with Gasteiger partial charge in [0.05, 0.1) is 12.2 Å². The van der Waals surface area contributed by atoms with E-state index >= 15 is 4.39 Å². The van der Waals surface area contributed by atoms with E-state index < -0.39 is 17.9 Å². The topological polar surface area (TPSA) is 61.8 Å². The minimum Gasteiger partial charge on any atom is -0.494 e. The lowest BCUT2D eigenvalue weighted by molar-refractivity contribution is 0.0172. The molecule has 0 fully saturated rings. The van der Waals surface area contributed by atoms with Gasteiger partial charge in [-0.15, -0.1) is 0 Å². The zero-order chi connectivity index (χ0) is 28.0. The Labute approximate surface area is 231 Å². The zero-order valence-corrected chi connectivity index (χ0v) is 23.2. The van der Waals surface area contributed by atoms with E-state index in [1.165, 1.54) is 18.9 Å². The summed E-state index contributed by atoms with van der Waals surface area (Å²) in [7, 11) is 0. The fourth-order valence-electron chi connectivity index (χ4n) is 4.51. The fraction of sp³-hybridized carbons (Fsp3) is 0.394. The number of benzene rings is 3. The molecule has 0 saturated carbocycles. The lowest BCUT2D eigenvalue weighted by Gasteiger charge is -2.17. The summed E-state index contributed by atoms with van der Waals surface area (Å²) in [5, 5.41) is 0. The van der Waals surface area contributed by atoms with Crippen LogP contribution in [-0.4, -0.2) is 24.8 Å². The van der Waals surface area contributed by atoms with E-state index in [9.17, 15) is 9.59 Å². The molecule has 0 unspecified atom stereocenters. The molecular weight excluding hydrogens is 495 g/mol. The molecule has 0 aliphatic rings. The number of rotatable bonds is 14. The average molecular weight is 535 g/mol. The van der Waals surface area contributed by atoms with Crippen molar-refractivity contribution in [1.82, 2.24) is 0 Å². The van der Waals surface area contributed by atoms with Crippen molar-refractivity contribution in [3.8, 4) is 28.0 Å². The van der Waals surface area contributed by atoms with Crippen molar-refractivity contribution in [2.75, 3.05) is 6.61 Å². The van der Waals surface area contributed by atoms with Gasteiger partial charge in [0.2, 0.25) is 0 Å². The number of hydrogen-bond donors (Lipinski definition) is 0. The van der Waals surface area contributed by atoms with Gasteiger partial charge in [-0.3, -0.25) is 0 Å². The maximum Gasteiger partial charge on any atom is 0.516 e. The van der Waals surface area contributed by atoms with Crippen LogP contribution < -0.4 is 4.74 Å². The Kier molecular flexibility index (Phi) is 12.0. The fourth-order valence-corrected chi connectivity index (χ4v) is 4.51. The molecule has 3 aromatic rings. The number of hydrogen-bond acceptors (Lipinski definition) is 5. The first kappa shape index (κ1) is 29.9. The highest BCUT2D eigenvalue weighted by atomic mass is 19.1. The first-order valence-corrected chi connectivity index (χ1v) is 14.0. The molecule has 3 aromatic carbocycles. The number of carbonyl (C=O) groups excluding carboxylic acids is 2. The van der Waals surface area contributed by atoms with Crippen molar-refractivity contribution in [1.29, 1.82) is 0 Å². The summed E-state index contributed by atoms with van der Waals surface area (Å²) in [6, 6.07) is 19.5. The highest BCUT2D eigenvalue weighted by Gasteiger charge is 2.25. The Hall–Kier alpha value is -3.67. The summed E-state index contributed by atoms with van der Waals surface area (Å²) in [4.78, 5) is 25.1. The standard InChI is InChI=1S/C33H39FO5/c1-4-7-8-12-23-37-26-19-17-24(18-20-26)28-21-22-29(31(34)30(28)25-15-10-9-11-16-25)32(35)39-33(36)38-27(13-5-2)14-6-3/h9-11,15-22,27H,4-8,12-14,23H2,1-3H3. The van der Waals surface area contributed by atoms with Crippen molar-refractivity contribution in [2.24, 2.45) is 0 Å². The first-order chi connectivity index (χ1) is 19.0. The predicted octanol–water partition coefficient (Wildman–Crippen LogP) is 9.38. The quantitative estimate of drug-likeness (QED) is 0.117. The van der Waals surface area contributed by atoms with Crippen LogP contribution in [0.1, 0.15) is 82.5 Å². The highest BCUT2D eigenvalue weighted by molar-refractivity contribution is 5.98. The molecule has 0 aliphatic carbocycles. The number of unbranched alkanes of at least 4 members (excludes halogenated alkanes) is 3. The molecular formula is C33H39FO5. The molecule has 0 bridgehead atoms. The van der Waals surface area contributed by atoms with E-state index in [0.29, 0.717) is 30.6 Å². The van der Waals surface area contributed by atoms with Gasteiger partial charge in [-0.25, -0.2) is 14.0 Å². The summed E-state index contributed by atoms with van der Waals surface area (Å²) in [6.45, 7) is 6.80. The van der Waals surface area contributed by atoms with Crippen LogP contribution in [0.2, 0.25) is 0 Å². The van der Waals surface area contributed by atoms with E-state index in [2.05, 4.69) is 6.92 Å². The summed E-state index contributed by atoms with van der Waals surface area (Å²) in [6.07, 6.45) is 6.05. The van der Waals surface area contributed by atoms with Crippen LogP contribution in [0.4, 0.5) is 9.18 Å². The van der Waals surface area contributed by atoms with Crippen LogP contribution in [0.15, 0.2) is 66.7 Å². The maximum absolute atomic E-state index is 16.0. The molecule has 0 radical (unpaired) electrons. The Morgan fingerprint density at radius 3 is 2.10 bits per heavy atom. The van der Waals surface area contributed by atoms with Crippen LogP contribution in [0.25, 0.3) is 22.3 Å². The summed E-state index contributed by atoms with van der Waals surface area (Å²) >= 11 is 0. The molecule has 0 atom stereocenters. The Bertz CT molecular complexity index is 1180. The van der Waals surface area contributed by atoms with Gasteiger partial charge in [-0.1, -0.05) is 101 Å². The summed E-state index contributed by atoms with van der Waals surface area (Å²) in [5.74, 6) is -1.09. The number of esters is 1. The molecule has 0 aromatic heterocycles. The normalized spacial score (nSPS) is 10.9. The van der Waals surface area contributed by atoms with Crippen molar-refractivity contribution in [2.45, 2.75) is 78.2 Å². The monoisotopic (exact) mass is 534 g/mol. The van der Waals surface area contributed by atoms with E-state index in [-0.39, 0.29) is 17.2 Å². The van der Waals surface area contributed by atoms with Crippen molar-refractivity contribution in [3.63, 3.8) is 0 Å². The largest absolute Gasteiger partial charge is 0.516 e. The Morgan fingerprint density at radius 1 is 0.769 bits per heavy atom. The van der Waals surface area contributed by atoms with Gasteiger partial charge in [0.25, 0.3) is 0 Å². The maximum atomic E-state index is 16.0. The summed E-state index contributed by atoms with van der Waals surface area (Å²) < 4.78 is 32.0. The average Bonchev–Trinajstić information content (AvgIpc) is 2.93. The van der Waals surface area contributed by atoms with E-state index in [0.717, 1.165) is 37.0 Å². The Morgan fingerprint density at radius 2 is 1.46 bits per heavy atom. The van der Waals surface area contributed by atoms with E-state index in [1.807, 2.05) is 44.2 Å². The third kappa shape index (κ3) is 8.67. The number of halogens is 1. The SMILES string of the molecule is CCCCCCOc1ccc(-c2ccc(C(=O)OC(=O)OC(CCC)CCC)c(F)c2-c2ccccc2)cc1. The third-order valence-electron chi connectivity index (χ3n) is 6.52. The minimum atomic E-state index is -1.11. The molecule has 0 amide bonds. The molecule has 0 saturated heterocycles. The van der Waals surface area contributed by atoms with Gasteiger partial charge in [0.1, 0.15) is 17.7 Å². The van der Waals surface area contributed by atoms with Gasteiger partial charge in [0, 0.05) is 5.56 Å². The molecule has 3 rings (SSSR count). The van der Waals surface area contributed by atoms with Crippen LogP contribution in [0, 0.1) is 5.82 Å². The third-order valence-corrected chi connectivity index (χ3v) is 6.52. The van der Waals surface area contributed by atoms with Crippen LogP contribution in [-0.2, 0) is 9.47 Å². The van der Waals surface area contributed by atoms with Crippen molar-refractivity contribution < 1.29 is 28.2 Å². The van der Waals surface area contributed by atoms with Crippen LogP contribution >= 0.6 is 0 Å². The van der Waals surface area contributed by atoms with Gasteiger partial charge in [-0.05, 0) is 54.2 Å². The number of ether oxygens (including phenoxy) is 3. The molecule has 5 nitrogen and oxygen atoms in total. The van der Waals surface area contributed by atoms with Gasteiger partial charge < -0.3 is 14.2 Å². The molecule has 0 spiro atoms. The Balaban J connectivity index is 1.84. The zero-order valence-electron chi connectivity index (χ0n) is 23.2. The van der Waals surface area contributed by atoms with Gasteiger partial charge in [0.15, 0.2) is 0 Å². The second kappa shape index (κ2) is 15.7. The van der Waals surface area contributed by atoms with Crippen molar-refractivity contribution in [3.05, 3.63) is 78.1 Å². The predicted molar refractivity (Wildman–Crippen MR) is 152 cm³/mol. The lowest BCUT2D eigenvalue weighted by atomic mass is 9.92.